The lowest BCUT2D eigenvalue weighted by Gasteiger charge is -2.20. The van der Waals surface area contributed by atoms with Crippen LogP contribution in [0.25, 0.3) is 21.2 Å². The van der Waals surface area contributed by atoms with Crippen molar-refractivity contribution in [3.63, 3.8) is 0 Å². The van der Waals surface area contributed by atoms with Crippen molar-refractivity contribution in [2.75, 3.05) is 4.90 Å². The highest BCUT2D eigenvalue weighted by Gasteiger charge is 2.46. The number of furan rings is 1. The van der Waals surface area contributed by atoms with Gasteiger partial charge in [0.15, 0.2) is 10.6 Å². The molecule has 0 fully saturated rings. The third kappa shape index (κ3) is 2.67. The average Bonchev–Trinajstić information content (AvgIpc) is 3.44. The Labute approximate surface area is 184 Å². The van der Waals surface area contributed by atoms with E-state index >= 15 is 0 Å². The van der Waals surface area contributed by atoms with Gasteiger partial charge in [0.1, 0.15) is 23.1 Å². The van der Waals surface area contributed by atoms with Crippen molar-refractivity contribution in [2.24, 2.45) is 0 Å². The van der Waals surface area contributed by atoms with E-state index in [1.165, 1.54) is 16.2 Å². The summed E-state index contributed by atoms with van der Waals surface area (Å²) in [4.78, 5) is 33.1. The van der Waals surface area contributed by atoms with Crippen LogP contribution in [0.5, 0.6) is 0 Å². The first kappa shape index (κ1) is 18.4. The second-order valence-electron chi connectivity index (χ2n) is 7.30. The quantitative estimate of drug-likeness (QED) is 0.346. The van der Waals surface area contributed by atoms with E-state index < -0.39 is 11.9 Å². The third-order valence-electron chi connectivity index (χ3n) is 5.35. The van der Waals surface area contributed by atoms with E-state index in [1.807, 2.05) is 6.92 Å². The van der Waals surface area contributed by atoms with Crippen molar-refractivity contribution < 1.29 is 13.6 Å². The Kier molecular flexibility index (Phi) is 3.87. The van der Waals surface area contributed by atoms with Gasteiger partial charge in [-0.05, 0) is 49.4 Å². The molecule has 0 radical (unpaired) electrons. The molecule has 6 nitrogen and oxygen atoms in total. The van der Waals surface area contributed by atoms with Crippen molar-refractivity contribution in [1.29, 1.82) is 0 Å². The van der Waals surface area contributed by atoms with Gasteiger partial charge in [0.2, 0.25) is 5.76 Å². The standard InChI is InChI=1S/C23H13ClN2O4S/c1-11-6-9-16(29-11)19-18-20(27)13-4-2-3-5-15(13)30-21(18)22(28)26(19)23-25-14-8-7-12(24)10-17(14)31-23/h2-10,19H,1H3/t19-/m0/s1. The second kappa shape index (κ2) is 6.54. The Morgan fingerprint density at radius 3 is 2.71 bits per heavy atom. The van der Waals surface area contributed by atoms with Crippen LogP contribution in [0.15, 0.2) is 68.2 Å². The molecule has 1 aliphatic heterocycles. The number of hydrogen-bond acceptors (Lipinski definition) is 6. The van der Waals surface area contributed by atoms with Crippen LogP contribution in [0.1, 0.15) is 33.7 Å². The van der Waals surface area contributed by atoms with Gasteiger partial charge in [-0.25, -0.2) is 4.98 Å². The van der Waals surface area contributed by atoms with Crippen LogP contribution < -0.4 is 10.3 Å². The minimum absolute atomic E-state index is 0.0139. The summed E-state index contributed by atoms with van der Waals surface area (Å²) in [6, 6.07) is 15.1. The summed E-state index contributed by atoms with van der Waals surface area (Å²) in [5.41, 5.74) is 1.09. The second-order valence-corrected chi connectivity index (χ2v) is 8.75. The third-order valence-corrected chi connectivity index (χ3v) is 6.61. The Balaban J connectivity index is 1.64. The number of halogens is 1. The number of aromatic nitrogens is 1. The van der Waals surface area contributed by atoms with Gasteiger partial charge in [-0.2, -0.15) is 0 Å². The van der Waals surface area contributed by atoms with Gasteiger partial charge in [0.05, 0.1) is 21.2 Å². The van der Waals surface area contributed by atoms with E-state index in [4.69, 9.17) is 20.4 Å². The molecule has 4 heterocycles. The molecule has 31 heavy (non-hydrogen) atoms. The first-order valence-electron chi connectivity index (χ1n) is 9.53. The van der Waals surface area contributed by atoms with Gasteiger partial charge in [0.25, 0.3) is 5.91 Å². The Bertz CT molecular complexity index is 1580. The molecular weight excluding hydrogens is 436 g/mol. The van der Waals surface area contributed by atoms with Crippen LogP contribution in [0, 0.1) is 6.92 Å². The molecule has 0 N–H and O–H groups in total. The molecule has 0 bridgehead atoms. The number of carbonyl (C=O) groups excluding carboxylic acids is 1. The Morgan fingerprint density at radius 2 is 1.90 bits per heavy atom. The molecule has 8 heteroatoms. The minimum Gasteiger partial charge on any atom is -0.464 e. The summed E-state index contributed by atoms with van der Waals surface area (Å²) >= 11 is 7.45. The maximum Gasteiger partial charge on any atom is 0.297 e. The minimum atomic E-state index is -0.770. The zero-order valence-electron chi connectivity index (χ0n) is 16.1. The summed E-state index contributed by atoms with van der Waals surface area (Å²) in [6.45, 7) is 1.81. The zero-order chi connectivity index (χ0) is 21.3. The number of thiazole rings is 1. The van der Waals surface area contributed by atoms with Gasteiger partial charge in [-0.15, -0.1) is 0 Å². The molecule has 1 atom stereocenters. The molecule has 2 aromatic carbocycles. The number of fused-ring (bicyclic) bond motifs is 3. The summed E-state index contributed by atoms with van der Waals surface area (Å²) in [5, 5.41) is 1.44. The fourth-order valence-electron chi connectivity index (χ4n) is 3.98. The largest absolute Gasteiger partial charge is 0.464 e. The number of aryl methyl sites for hydroxylation is 1. The Morgan fingerprint density at radius 1 is 1.06 bits per heavy atom. The van der Waals surface area contributed by atoms with E-state index in [-0.39, 0.29) is 16.8 Å². The van der Waals surface area contributed by atoms with Crippen molar-refractivity contribution in [3.8, 4) is 0 Å². The lowest BCUT2D eigenvalue weighted by atomic mass is 10.0. The van der Waals surface area contributed by atoms with Crippen LogP contribution in [0.2, 0.25) is 5.02 Å². The van der Waals surface area contributed by atoms with Crippen LogP contribution in [0.3, 0.4) is 0 Å². The number of rotatable bonds is 2. The maximum atomic E-state index is 13.5. The Hall–Kier alpha value is -3.42. The smallest absolute Gasteiger partial charge is 0.297 e. The summed E-state index contributed by atoms with van der Waals surface area (Å²) in [5.74, 6) is 0.740. The molecule has 1 aliphatic rings. The van der Waals surface area contributed by atoms with Gasteiger partial charge in [-0.3, -0.25) is 14.5 Å². The number of nitrogens with zero attached hydrogens (tertiary/aromatic N) is 2. The zero-order valence-corrected chi connectivity index (χ0v) is 17.7. The molecule has 0 saturated carbocycles. The number of benzene rings is 2. The molecule has 6 rings (SSSR count). The number of carbonyl (C=O) groups is 1. The van der Waals surface area contributed by atoms with Crippen molar-refractivity contribution in [3.05, 3.63) is 92.7 Å². The van der Waals surface area contributed by atoms with Crippen LogP contribution >= 0.6 is 22.9 Å². The molecule has 0 aliphatic carbocycles. The van der Waals surface area contributed by atoms with E-state index in [2.05, 4.69) is 4.98 Å². The van der Waals surface area contributed by atoms with Crippen molar-refractivity contribution in [2.45, 2.75) is 13.0 Å². The maximum absolute atomic E-state index is 13.5. The van der Waals surface area contributed by atoms with Crippen LogP contribution in [-0.2, 0) is 0 Å². The predicted octanol–water partition coefficient (Wildman–Crippen LogP) is 5.71. The molecule has 152 valence electrons. The topological polar surface area (TPSA) is 76.6 Å². The molecule has 3 aromatic heterocycles. The number of para-hydroxylation sites is 1. The molecule has 1 amide bonds. The summed E-state index contributed by atoms with van der Waals surface area (Å²) in [6.07, 6.45) is 0. The van der Waals surface area contributed by atoms with Gasteiger partial charge in [0, 0.05) is 5.02 Å². The van der Waals surface area contributed by atoms with Gasteiger partial charge < -0.3 is 8.83 Å². The van der Waals surface area contributed by atoms with Gasteiger partial charge >= 0.3 is 0 Å². The van der Waals surface area contributed by atoms with Crippen molar-refractivity contribution in [1.82, 2.24) is 4.98 Å². The number of hydrogen-bond donors (Lipinski definition) is 0. The molecule has 0 unspecified atom stereocenters. The fraction of sp³-hybridized carbons (Fsp3) is 0.0870. The van der Waals surface area contributed by atoms with E-state index in [1.54, 1.807) is 54.6 Å². The normalized spacial score (nSPS) is 15.9. The molecular formula is C23H13ClN2O4S. The summed E-state index contributed by atoms with van der Waals surface area (Å²) < 4.78 is 12.6. The SMILES string of the molecule is Cc1ccc([C@H]2c3c(oc4ccccc4c3=O)C(=O)N2c2nc3ccc(Cl)cc3s2)o1. The van der Waals surface area contributed by atoms with Crippen LogP contribution in [0.4, 0.5) is 5.13 Å². The highest BCUT2D eigenvalue weighted by Crippen LogP contribution is 2.44. The van der Waals surface area contributed by atoms with E-state index in [0.29, 0.717) is 38.2 Å². The highest BCUT2D eigenvalue weighted by molar-refractivity contribution is 7.22. The fourth-order valence-corrected chi connectivity index (χ4v) is 5.24. The van der Waals surface area contributed by atoms with E-state index in [9.17, 15) is 9.59 Å². The average molecular weight is 449 g/mol. The highest BCUT2D eigenvalue weighted by atomic mass is 35.5. The first-order valence-corrected chi connectivity index (χ1v) is 10.7. The first-order chi connectivity index (χ1) is 15.0. The lowest BCUT2D eigenvalue weighted by Crippen LogP contribution is -2.29. The monoisotopic (exact) mass is 448 g/mol. The molecule has 5 aromatic rings. The van der Waals surface area contributed by atoms with Crippen molar-refractivity contribution >= 4 is 55.2 Å². The predicted molar refractivity (Wildman–Crippen MR) is 119 cm³/mol. The summed E-state index contributed by atoms with van der Waals surface area (Å²) in [7, 11) is 0. The number of amides is 1. The van der Waals surface area contributed by atoms with Gasteiger partial charge in [-0.1, -0.05) is 35.1 Å². The molecule has 0 spiro atoms. The van der Waals surface area contributed by atoms with E-state index in [0.717, 1.165) is 4.70 Å². The number of anilines is 1. The lowest BCUT2D eigenvalue weighted by molar-refractivity contribution is 0.0969. The molecule has 0 saturated heterocycles. The van der Waals surface area contributed by atoms with Crippen LogP contribution in [-0.4, -0.2) is 10.9 Å².